The Labute approximate surface area is 105 Å². The minimum Gasteiger partial charge on any atom is -0.337 e. The topological polar surface area (TPSA) is 57.0 Å². The first-order valence-corrected chi connectivity index (χ1v) is 5.94. The molecule has 0 bridgehead atoms. The summed E-state index contributed by atoms with van der Waals surface area (Å²) in [5, 5.41) is 8.82. The molecule has 1 aliphatic rings. The van der Waals surface area contributed by atoms with Crippen LogP contribution in [0.1, 0.15) is 28.9 Å². The van der Waals surface area contributed by atoms with Crippen LogP contribution >= 0.6 is 11.6 Å². The van der Waals surface area contributed by atoms with Gasteiger partial charge in [0.25, 0.3) is 5.91 Å². The lowest BCUT2D eigenvalue weighted by Gasteiger charge is -2.28. The van der Waals surface area contributed by atoms with Gasteiger partial charge in [0.2, 0.25) is 0 Å². The van der Waals surface area contributed by atoms with Gasteiger partial charge in [-0.25, -0.2) is 4.98 Å². The fourth-order valence-electron chi connectivity index (χ4n) is 1.80. The number of nitriles is 1. The van der Waals surface area contributed by atoms with Crippen LogP contribution in [0, 0.1) is 11.3 Å². The van der Waals surface area contributed by atoms with Gasteiger partial charge in [-0.1, -0.05) is 0 Å². The summed E-state index contributed by atoms with van der Waals surface area (Å²) in [4.78, 5) is 17.8. The number of rotatable bonds is 1. The number of pyridine rings is 1. The van der Waals surface area contributed by atoms with E-state index in [2.05, 4.69) is 4.98 Å². The molecule has 2 rings (SSSR count). The Kier molecular flexibility index (Phi) is 3.60. The molecule has 0 radical (unpaired) electrons. The zero-order valence-electron chi connectivity index (χ0n) is 9.27. The smallest absolute Gasteiger partial charge is 0.272 e. The molecule has 4 nitrogen and oxygen atoms in total. The Morgan fingerprint density at radius 3 is 2.71 bits per heavy atom. The number of piperidine rings is 1. The standard InChI is InChI=1S/C12H12ClN3O/c13-10-3-5-16(6-4-10)12(17)11-2-1-9(7-14)8-15-11/h1-2,8,10H,3-6H2. The first kappa shape index (κ1) is 11.9. The third-order valence-corrected chi connectivity index (χ3v) is 3.26. The van der Waals surface area contributed by atoms with Crippen molar-refractivity contribution in [2.45, 2.75) is 18.2 Å². The first-order valence-electron chi connectivity index (χ1n) is 5.50. The normalized spacial score (nSPS) is 16.6. The third-order valence-electron chi connectivity index (χ3n) is 2.82. The highest BCUT2D eigenvalue weighted by atomic mass is 35.5. The zero-order chi connectivity index (χ0) is 12.3. The van der Waals surface area contributed by atoms with E-state index in [1.165, 1.54) is 6.20 Å². The molecule has 0 aromatic carbocycles. The number of hydrogen-bond acceptors (Lipinski definition) is 3. The number of carbonyl (C=O) groups excluding carboxylic acids is 1. The SMILES string of the molecule is N#Cc1ccc(C(=O)N2CCC(Cl)CC2)nc1. The van der Waals surface area contributed by atoms with Crippen LogP contribution < -0.4 is 0 Å². The number of carbonyl (C=O) groups is 1. The molecule has 0 unspecified atom stereocenters. The van der Waals surface area contributed by atoms with E-state index in [4.69, 9.17) is 16.9 Å². The van der Waals surface area contributed by atoms with Crippen molar-refractivity contribution in [2.75, 3.05) is 13.1 Å². The number of halogens is 1. The van der Waals surface area contributed by atoms with Crippen LogP contribution in [0.5, 0.6) is 0 Å². The molecule has 0 N–H and O–H groups in total. The second-order valence-corrected chi connectivity index (χ2v) is 4.63. The molecule has 1 fully saturated rings. The summed E-state index contributed by atoms with van der Waals surface area (Å²) in [7, 11) is 0. The second kappa shape index (κ2) is 5.15. The van der Waals surface area contributed by atoms with E-state index in [1.807, 2.05) is 6.07 Å². The minimum atomic E-state index is -0.0851. The van der Waals surface area contributed by atoms with Crippen LogP contribution in [-0.2, 0) is 0 Å². The molecular weight excluding hydrogens is 238 g/mol. The fraction of sp³-hybridized carbons (Fsp3) is 0.417. The van der Waals surface area contributed by atoms with E-state index in [0.717, 1.165) is 12.8 Å². The van der Waals surface area contributed by atoms with Crippen molar-refractivity contribution >= 4 is 17.5 Å². The van der Waals surface area contributed by atoms with Crippen LogP contribution in [-0.4, -0.2) is 34.3 Å². The lowest BCUT2D eigenvalue weighted by atomic mass is 10.1. The number of amides is 1. The molecule has 1 aliphatic heterocycles. The Morgan fingerprint density at radius 1 is 1.47 bits per heavy atom. The van der Waals surface area contributed by atoms with Gasteiger partial charge in [-0.3, -0.25) is 4.79 Å². The summed E-state index contributed by atoms with van der Waals surface area (Å²) in [5.74, 6) is -0.0851. The average molecular weight is 250 g/mol. The highest BCUT2D eigenvalue weighted by Gasteiger charge is 2.22. The van der Waals surface area contributed by atoms with Crippen molar-refractivity contribution in [3.05, 3.63) is 29.6 Å². The molecule has 0 spiro atoms. The molecule has 1 aromatic heterocycles. The number of alkyl halides is 1. The molecule has 0 aliphatic carbocycles. The summed E-state index contributed by atoms with van der Waals surface area (Å²) >= 11 is 5.98. The van der Waals surface area contributed by atoms with E-state index < -0.39 is 0 Å². The maximum atomic E-state index is 12.0. The van der Waals surface area contributed by atoms with E-state index in [1.54, 1.807) is 17.0 Å². The zero-order valence-corrected chi connectivity index (χ0v) is 10.0. The molecular formula is C12H12ClN3O. The summed E-state index contributed by atoms with van der Waals surface area (Å²) in [6.07, 6.45) is 3.06. The molecule has 17 heavy (non-hydrogen) atoms. The van der Waals surface area contributed by atoms with Crippen LogP contribution in [0.15, 0.2) is 18.3 Å². The van der Waals surface area contributed by atoms with Crippen molar-refractivity contribution < 1.29 is 4.79 Å². The highest BCUT2D eigenvalue weighted by molar-refractivity contribution is 6.20. The van der Waals surface area contributed by atoms with Gasteiger partial charge in [-0.2, -0.15) is 5.26 Å². The lowest BCUT2D eigenvalue weighted by Crippen LogP contribution is -2.39. The Hall–Kier alpha value is -1.60. The summed E-state index contributed by atoms with van der Waals surface area (Å²) < 4.78 is 0. The van der Waals surface area contributed by atoms with E-state index in [-0.39, 0.29) is 11.3 Å². The first-order chi connectivity index (χ1) is 8.20. The molecule has 2 heterocycles. The fourth-order valence-corrected chi connectivity index (χ4v) is 1.99. The van der Waals surface area contributed by atoms with Gasteiger partial charge in [0, 0.05) is 24.7 Å². The van der Waals surface area contributed by atoms with Gasteiger partial charge in [-0.15, -0.1) is 11.6 Å². The second-order valence-electron chi connectivity index (χ2n) is 4.01. The van der Waals surface area contributed by atoms with Gasteiger partial charge < -0.3 is 4.90 Å². The Morgan fingerprint density at radius 2 is 2.18 bits per heavy atom. The Balaban J connectivity index is 2.06. The van der Waals surface area contributed by atoms with Crippen molar-refractivity contribution in [2.24, 2.45) is 0 Å². The van der Waals surface area contributed by atoms with Gasteiger partial charge in [0.05, 0.1) is 5.56 Å². The molecule has 1 saturated heterocycles. The Bertz CT molecular complexity index is 444. The van der Waals surface area contributed by atoms with E-state index in [9.17, 15) is 4.79 Å². The van der Waals surface area contributed by atoms with Crippen LogP contribution in [0.3, 0.4) is 0 Å². The number of aromatic nitrogens is 1. The highest BCUT2D eigenvalue weighted by Crippen LogP contribution is 2.17. The van der Waals surface area contributed by atoms with Crippen LogP contribution in [0.2, 0.25) is 0 Å². The van der Waals surface area contributed by atoms with Crippen molar-refractivity contribution in [3.63, 3.8) is 0 Å². The minimum absolute atomic E-state index is 0.0851. The van der Waals surface area contributed by atoms with Crippen LogP contribution in [0.25, 0.3) is 0 Å². The molecule has 0 saturated carbocycles. The number of nitrogens with zero attached hydrogens (tertiary/aromatic N) is 3. The molecule has 88 valence electrons. The van der Waals surface area contributed by atoms with E-state index in [0.29, 0.717) is 24.3 Å². The summed E-state index contributed by atoms with van der Waals surface area (Å²) in [6.45, 7) is 1.35. The van der Waals surface area contributed by atoms with Gasteiger partial charge in [-0.05, 0) is 25.0 Å². The molecule has 1 aromatic rings. The predicted octanol–water partition coefficient (Wildman–Crippen LogP) is 1.80. The van der Waals surface area contributed by atoms with E-state index >= 15 is 0 Å². The van der Waals surface area contributed by atoms with Gasteiger partial charge >= 0.3 is 0 Å². The van der Waals surface area contributed by atoms with Crippen molar-refractivity contribution in [1.82, 2.24) is 9.88 Å². The lowest BCUT2D eigenvalue weighted by molar-refractivity contribution is 0.0720. The average Bonchev–Trinajstić information content (AvgIpc) is 2.39. The van der Waals surface area contributed by atoms with Crippen molar-refractivity contribution in [1.29, 1.82) is 5.26 Å². The molecule has 0 atom stereocenters. The third kappa shape index (κ3) is 2.75. The van der Waals surface area contributed by atoms with Crippen molar-refractivity contribution in [3.8, 4) is 6.07 Å². The summed E-state index contributed by atoms with van der Waals surface area (Å²) in [5.41, 5.74) is 0.845. The quantitative estimate of drug-likeness (QED) is 0.713. The predicted molar refractivity (Wildman–Crippen MR) is 63.7 cm³/mol. The molecule has 5 heteroatoms. The number of likely N-dealkylation sites (tertiary alicyclic amines) is 1. The maximum Gasteiger partial charge on any atom is 0.272 e. The number of hydrogen-bond donors (Lipinski definition) is 0. The van der Waals surface area contributed by atoms with Gasteiger partial charge in [0.15, 0.2) is 0 Å². The van der Waals surface area contributed by atoms with Gasteiger partial charge in [0.1, 0.15) is 11.8 Å². The monoisotopic (exact) mass is 249 g/mol. The molecule has 1 amide bonds. The maximum absolute atomic E-state index is 12.0. The largest absolute Gasteiger partial charge is 0.337 e. The summed E-state index contributed by atoms with van der Waals surface area (Å²) in [6, 6.07) is 5.17. The van der Waals surface area contributed by atoms with Crippen LogP contribution in [0.4, 0.5) is 0 Å².